The molecule has 32 heavy (non-hydrogen) atoms. The zero-order valence-corrected chi connectivity index (χ0v) is 19.9. The molecule has 1 aromatic heterocycles. The molecule has 0 bridgehead atoms. The summed E-state index contributed by atoms with van der Waals surface area (Å²) in [4.78, 5) is 27.7. The van der Waals surface area contributed by atoms with Crippen LogP contribution in [-0.4, -0.2) is 52.9 Å². The summed E-state index contributed by atoms with van der Waals surface area (Å²) in [7, 11) is 1.75. The number of rotatable bonds is 8. The third-order valence-electron chi connectivity index (χ3n) is 5.04. The molecule has 0 spiro atoms. The van der Waals surface area contributed by atoms with Crippen LogP contribution in [0, 0.1) is 20.8 Å². The highest BCUT2D eigenvalue weighted by Crippen LogP contribution is 2.25. The Kier molecular flexibility index (Phi) is 7.71. The van der Waals surface area contributed by atoms with Gasteiger partial charge in [-0.05, 0) is 58.3 Å². The number of para-hydroxylation sites is 1. The smallest absolute Gasteiger partial charge is 0.238 e. The minimum absolute atomic E-state index is 0.0895. The van der Waals surface area contributed by atoms with E-state index >= 15 is 0 Å². The van der Waals surface area contributed by atoms with Crippen molar-refractivity contribution >= 4 is 35.0 Å². The van der Waals surface area contributed by atoms with Crippen molar-refractivity contribution in [1.82, 2.24) is 14.7 Å². The standard InChI is InChI=1S/C24H29N5O2S/c1-16-10-12-19(13-11-16)29-18(3)24(17(2)27-29)26-23(31)15-28(4)14-22(30)25-20-8-6-7-9-21(20)32-5/h6-13H,14-15H2,1-5H3,(H,25,30)(H,26,31). The minimum atomic E-state index is -0.195. The molecule has 1 heterocycles. The van der Waals surface area contributed by atoms with Gasteiger partial charge in [0.2, 0.25) is 11.8 Å². The van der Waals surface area contributed by atoms with Gasteiger partial charge < -0.3 is 10.6 Å². The number of aryl methyl sites for hydroxylation is 2. The molecule has 2 aromatic carbocycles. The summed E-state index contributed by atoms with van der Waals surface area (Å²) in [5.41, 5.74) is 5.18. The molecular weight excluding hydrogens is 422 g/mol. The van der Waals surface area contributed by atoms with E-state index in [1.54, 1.807) is 23.7 Å². The molecule has 7 nitrogen and oxygen atoms in total. The number of nitrogens with one attached hydrogen (secondary N) is 2. The second-order valence-corrected chi connectivity index (χ2v) is 8.61. The fraction of sp³-hybridized carbons (Fsp3) is 0.292. The van der Waals surface area contributed by atoms with Gasteiger partial charge in [-0.3, -0.25) is 14.5 Å². The van der Waals surface area contributed by atoms with E-state index in [2.05, 4.69) is 15.7 Å². The molecule has 0 fully saturated rings. The summed E-state index contributed by atoms with van der Waals surface area (Å²) in [5.74, 6) is -0.360. The van der Waals surface area contributed by atoms with Crippen LogP contribution in [0.3, 0.4) is 0 Å². The van der Waals surface area contributed by atoms with Crippen molar-refractivity contribution in [2.45, 2.75) is 25.7 Å². The SMILES string of the molecule is CSc1ccccc1NC(=O)CN(C)CC(=O)Nc1c(C)nn(-c2ccc(C)cc2)c1C. The number of anilines is 2. The van der Waals surface area contributed by atoms with Gasteiger partial charge >= 0.3 is 0 Å². The van der Waals surface area contributed by atoms with Crippen LogP contribution in [-0.2, 0) is 9.59 Å². The Morgan fingerprint density at radius 3 is 2.25 bits per heavy atom. The van der Waals surface area contributed by atoms with E-state index in [1.807, 2.05) is 80.2 Å². The molecule has 0 unspecified atom stereocenters. The summed E-state index contributed by atoms with van der Waals surface area (Å²) in [6.07, 6.45) is 1.96. The van der Waals surface area contributed by atoms with E-state index in [0.29, 0.717) is 5.69 Å². The number of benzene rings is 2. The normalized spacial score (nSPS) is 10.9. The second-order valence-electron chi connectivity index (χ2n) is 7.76. The zero-order valence-electron chi connectivity index (χ0n) is 19.1. The number of aromatic nitrogens is 2. The molecule has 0 aliphatic carbocycles. The van der Waals surface area contributed by atoms with Crippen molar-refractivity contribution in [3.8, 4) is 5.69 Å². The minimum Gasteiger partial charge on any atom is -0.324 e. The lowest BCUT2D eigenvalue weighted by Gasteiger charge is -2.17. The first kappa shape index (κ1) is 23.6. The average Bonchev–Trinajstić information content (AvgIpc) is 3.02. The lowest BCUT2D eigenvalue weighted by Crippen LogP contribution is -2.36. The van der Waals surface area contributed by atoms with Crippen molar-refractivity contribution in [3.63, 3.8) is 0 Å². The third-order valence-corrected chi connectivity index (χ3v) is 5.84. The van der Waals surface area contributed by atoms with Gasteiger partial charge in [-0.2, -0.15) is 5.10 Å². The van der Waals surface area contributed by atoms with Crippen LogP contribution in [0.15, 0.2) is 53.4 Å². The van der Waals surface area contributed by atoms with E-state index in [9.17, 15) is 9.59 Å². The van der Waals surface area contributed by atoms with Crippen molar-refractivity contribution in [2.75, 3.05) is 37.0 Å². The Labute approximate surface area is 193 Å². The van der Waals surface area contributed by atoms with Crippen molar-refractivity contribution in [2.24, 2.45) is 0 Å². The number of carbonyl (C=O) groups is 2. The van der Waals surface area contributed by atoms with Crippen LogP contribution in [0.4, 0.5) is 11.4 Å². The van der Waals surface area contributed by atoms with Crippen LogP contribution in [0.2, 0.25) is 0 Å². The molecule has 0 aliphatic heterocycles. The first-order chi connectivity index (χ1) is 15.3. The van der Waals surface area contributed by atoms with Crippen LogP contribution >= 0.6 is 11.8 Å². The number of nitrogens with zero attached hydrogens (tertiary/aromatic N) is 3. The molecule has 8 heteroatoms. The Morgan fingerprint density at radius 1 is 0.969 bits per heavy atom. The highest BCUT2D eigenvalue weighted by molar-refractivity contribution is 7.98. The predicted molar refractivity (Wildman–Crippen MR) is 131 cm³/mol. The Morgan fingerprint density at radius 2 is 1.59 bits per heavy atom. The summed E-state index contributed by atoms with van der Waals surface area (Å²) in [6.45, 7) is 6.03. The van der Waals surface area contributed by atoms with Gasteiger partial charge in [0, 0.05) is 4.90 Å². The molecule has 0 radical (unpaired) electrons. The monoisotopic (exact) mass is 451 g/mol. The van der Waals surface area contributed by atoms with Crippen LogP contribution in [0.5, 0.6) is 0 Å². The summed E-state index contributed by atoms with van der Waals surface area (Å²) >= 11 is 1.57. The number of carbonyl (C=O) groups excluding carboxylic acids is 2. The zero-order chi connectivity index (χ0) is 23.3. The van der Waals surface area contributed by atoms with Gasteiger partial charge in [0.1, 0.15) is 0 Å². The number of hydrogen-bond acceptors (Lipinski definition) is 5. The van der Waals surface area contributed by atoms with Gasteiger partial charge in [-0.25, -0.2) is 4.68 Å². The van der Waals surface area contributed by atoms with E-state index < -0.39 is 0 Å². The fourth-order valence-corrected chi connectivity index (χ4v) is 3.98. The molecule has 3 aromatic rings. The molecular formula is C24H29N5O2S. The van der Waals surface area contributed by atoms with E-state index in [0.717, 1.165) is 27.7 Å². The topological polar surface area (TPSA) is 79.3 Å². The average molecular weight is 452 g/mol. The highest BCUT2D eigenvalue weighted by atomic mass is 32.2. The van der Waals surface area contributed by atoms with E-state index in [4.69, 9.17) is 0 Å². The predicted octanol–water partition coefficient (Wildman–Crippen LogP) is 4.03. The van der Waals surface area contributed by atoms with E-state index in [-0.39, 0.29) is 24.9 Å². The van der Waals surface area contributed by atoms with Crippen molar-refractivity contribution in [1.29, 1.82) is 0 Å². The quantitative estimate of drug-likeness (QED) is 0.506. The molecule has 0 atom stereocenters. The highest BCUT2D eigenvalue weighted by Gasteiger charge is 2.17. The molecule has 2 N–H and O–H groups in total. The summed E-state index contributed by atoms with van der Waals surface area (Å²) in [5, 5.41) is 10.4. The molecule has 0 saturated heterocycles. The number of hydrogen-bond donors (Lipinski definition) is 2. The number of amides is 2. The van der Waals surface area contributed by atoms with Crippen LogP contribution < -0.4 is 10.6 Å². The third kappa shape index (κ3) is 5.77. The maximum atomic E-state index is 12.6. The van der Waals surface area contributed by atoms with Crippen molar-refractivity contribution < 1.29 is 9.59 Å². The largest absolute Gasteiger partial charge is 0.324 e. The second kappa shape index (κ2) is 10.5. The number of likely N-dealkylation sites (N-methyl/N-ethyl adjacent to an activating group) is 1. The lowest BCUT2D eigenvalue weighted by molar-refractivity contribution is -0.119. The Balaban J connectivity index is 1.59. The van der Waals surface area contributed by atoms with Crippen LogP contribution in [0.25, 0.3) is 5.69 Å². The molecule has 3 rings (SSSR count). The maximum absolute atomic E-state index is 12.6. The fourth-order valence-electron chi connectivity index (χ4n) is 3.42. The Hall–Kier alpha value is -3.10. The summed E-state index contributed by atoms with van der Waals surface area (Å²) in [6, 6.07) is 15.7. The first-order valence-electron chi connectivity index (χ1n) is 10.3. The molecule has 0 saturated carbocycles. The number of thioether (sulfide) groups is 1. The molecule has 2 amide bonds. The first-order valence-corrected chi connectivity index (χ1v) is 11.6. The van der Waals surface area contributed by atoms with Gasteiger partial charge in [0.15, 0.2) is 0 Å². The van der Waals surface area contributed by atoms with Crippen LogP contribution in [0.1, 0.15) is 17.0 Å². The summed E-state index contributed by atoms with van der Waals surface area (Å²) < 4.78 is 1.82. The van der Waals surface area contributed by atoms with Gasteiger partial charge in [0.25, 0.3) is 0 Å². The van der Waals surface area contributed by atoms with Crippen molar-refractivity contribution in [3.05, 3.63) is 65.5 Å². The maximum Gasteiger partial charge on any atom is 0.238 e. The van der Waals surface area contributed by atoms with Gasteiger partial charge in [-0.15, -0.1) is 11.8 Å². The van der Waals surface area contributed by atoms with Gasteiger partial charge in [-0.1, -0.05) is 29.8 Å². The molecule has 168 valence electrons. The van der Waals surface area contributed by atoms with Gasteiger partial charge in [0.05, 0.1) is 41.5 Å². The Bertz CT molecular complexity index is 1110. The molecule has 0 aliphatic rings. The lowest BCUT2D eigenvalue weighted by atomic mass is 10.2. The van der Waals surface area contributed by atoms with E-state index in [1.165, 1.54) is 5.56 Å².